The second-order valence-corrected chi connectivity index (χ2v) is 5.13. The quantitative estimate of drug-likeness (QED) is 0.909. The SMILES string of the molecule is Cc1c(C(=O)NCC[C@H]2CCOC2)cnc2ccnn12. The van der Waals surface area contributed by atoms with Crippen molar-refractivity contribution < 1.29 is 9.53 Å². The molecule has 20 heavy (non-hydrogen) atoms. The topological polar surface area (TPSA) is 68.5 Å². The van der Waals surface area contributed by atoms with Crippen LogP contribution in [0.5, 0.6) is 0 Å². The largest absolute Gasteiger partial charge is 0.381 e. The van der Waals surface area contributed by atoms with E-state index >= 15 is 0 Å². The van der Waals surface area contributed by atoms with Gasteiger partial charge < -0.3 is 10.1 Å². The molecule has 2 aromatic heterocycles. The van der Waals surface area contributed by atoms with Crippen molar-refractivity contribution in [2.75, 3.05) is 19.8 Å². The average molecular weight is 274 g/mol. The van der Waals surface area contributed by atoms with Crippen molar-refractivity contribution in [3.05, 3.63) is 29.7 Å². The van der Waals surface area contributed by atoms with E-state index < -0.39 is 0 Å². The smallest absolute Gasteiger partial charge is 0.254 e. The molecule has 0 saturated carbocycles. The highest BCUT2D eigenvalue weighted by atomic mass is 16.5. The number of hydrogen-bond donors (Lipinski definition) is 1. The fraction of sp³-hybridized carbons (Fsp3) is 0.500. The van der Waals surface area contributed by atoms with Gasteiger partial charge in [0, 0.05) is 32.0 Å². The average Bonchev–Trinajstić information content (AvgIpc) is 3.09. The normalized spacial score (nSPS) is 18.6. The molecule has 6 nitrogen and oxygen atoms in total. The Labute approximate surface area is 117 Å². The Morgan fingerprint density at radius 3 is 3.30 bits per heavy atom. The molecule has 0 aliphatic carbocycles. The molecule has 2 aromatic rings. The first-order valence-corrected chi connectivity index (χ1v) is 6.91. The summed E-state index contributed by atoms with van der Waals surface area (Å²) in [6, 6.07) is 1.81. The molecular weight excluding hydrogens is 256 g/mol. The number of amides is 1. The standard InChI is InChI=1S/C14H18N4O2/c1-10-12(8-16-13-3-6-17-18(10)13)14(19)15-5-2-11-4-7-20-9-11/h3,6,8,11H,2,4-5,7,9H2,1H3,(H,15,19)/t11-/m0/s1. The molecule has 1 saturated heterocycles. The van der Waals surface area contributed by atoms with Gasteiger partial charge in [-0.2, -0.15) is 5.10 Å². The van der Waals surface area contributed by atoms with Gasteiger partial charge in [0.25, 0.3) is 5.91 Å². The van der Waals surface area contributed by atoms with Crippen molar-refractivity contribution >= 4 is 11.6 Å². The molecule has 1 N–H and O–H groups in total. The summed E-state index contributed by atoms with van der Waals surface area (Å²) in [5.74, 6) is 0.481. The van der Waals surface area contributed by atoms with Crippen molar-refractivity contribution in [3.8, 4) is 0 Å². The molecule has 0 aromatic carbocycles. The van der Waals surface area contributed by atoms with Gasteiger partial charge in [0.15, 0.2) is 5.65 Å². The minimum atomic E-state index is -0.0914. The van der Waals surface area contributed by atoms with Crippen LogP contribution in [0.2, 0.25) is 0 Å². The summed E-state index contributed by atoms with van der Waals surface area (Å²) in [5.41, 5.74) is 2.13. The molecular formula is C14H18N4O2. The minimum absolute atomic E-state index is 0.0914. The van der Waals surface area contributed by atoms with E-state index in [2.05, 4.69) is 15.4 Å². The molecule has 1 aliphatic rings. The molecule has 1 amide bonds. The third-order valence-corrected chi connectivity index (χ3v) is 3.76. The molecule has 1 atom stereocenters. The first-order valence-electron chi connectivity index (χ1n) is 6.91. The molecule has 0 unspecified atom stereocenters. The van der Waals surface area contributed by atoms with Crippen LogP contribution in [0.1, 0.15) is 28.9 Å². The van der Waals surface area contributed by atoms with Crippen LogP contribution in [0.25, 0.3) is 5.65 Å². The number of nitrogens with one attached hydrogen (secondary N) is 1. The third-order valence-electron chi connectivity index (χ3n) is 3.76. The fourth-order valence-electron chi connectivity index (χ4n) is 2.51. The fourth-order valence-corrected chi connectivity index (χ4v) is 2.51. The maximum atomic E-state index is 12.2. The summed E-state index contributed by atoms with van der Waals surface area (Å²) >= 11 is 0. The second-order valence-electron chi connectivity index (χ2n) is 5.13. The number of aryl methyl sites for hydroxylation is 1. The predicted octanol–water partition coefficient (Wildman–Crippen LogP) is 1.19. The zero-order valence-corrected chi connectivity index (χ0v) is 11.5. The molecule has 0 spiro atoms. The predicted molar refractivity (Wildman–Crippen MR) is 73.6 cm³/mol. The van der Waals surface area contributed by atoms with Gasteiger partial charge in [0.2, 0.25) is 0 Å². The lowest BCUT2D eigenvalue weighted by Gasteiger charge is -2.10. The number of nitrogens with zero attached hydrogens (tertiary/aromatic N) is 3. The number of rotatable bonds is 4. The molecule has 3 heterocycles. The van der Waals surface area contributed by atoms with Crippen LogP contribution in [-0.2, 0) is 4.74 Å². The highest BCUT2D eigenvalue weighted by molar-refractivity contribution is 5.95. The van der Waals surface area contributed by atoms with Gasteiger partial charge in [0.05, 0.1) is 17.5 Å². The van der Waals surface area contributed by atoms with Crippen LogP contribution in [0, 0.1) is 12.8 Å². The molecule has 6 heteroatoms. The highest BCUT2D eigenvalue weighted by Crippen LogP contribution is 2.15. The summed E-state index contributed by atoms with van der Waals surface area (Å²) in [6.07, 6.45) is 5.34. The van der Waals surface area contributed by atoms with Crippen LogP contribution in [0.15, 0.2) is 18.5 Å². The number of hydrogen-bond acceptors (Lipinski definition) is 4. The Hall–Kier alpha value is -1.95. The Bertz CT molecular complexity index is 617. The van der Waals surface area contributed by atoms with Crippen molar-refractivity contribution in [2.45, 2.75) is 19.8 Å². The second kappa shape index (κ2) is 5.58. The highest BCUT2D eigenvalue weighted by Gasteiger charge is 2.17. The lowest BCUT2D eigenvalue weighted by molar-refractivity contribution is 0.0949. The van der Waals surface area contributed by atoms with Gasteiger partial charge in [0.1, 0.15) is 0 Å². The van der Waals surface area contributed by atoms with Crippen molar-refractivity contribution in [1.82, 2.24) is 19.9 Å². The molecule has 1 fully saturated rings. The van der Waals surface area contributed by atoms with E-state index in [1.54, 1.807) is 16.9 Å². The maximum absolute atomic E-state index is 12.2. The number of carbonyl (C=O) groups is 1. The van der Waals surface area contributed by atoms with E-state index in [-0.39, 0.29) is 5.91 Å². The lowest BCUT2D eigenvalue weighted by atomic mass is 10.1. The van der Waals surface area contributed by atoms with Crippen molar-refractivity contribution in [1.29, 1.82) is 0 Å². The molecule has 0 bridgehead atoms. The molecule has 106 valence electrons. The van der Waals surface area contributed by atoms with Gasteiger partial charge in [-0.15, -0.1) is 0 Å². The monoisotopic (exact) mass is 274 g/mol. The summed E-state index contributed by atoms with van der Waals surface area (Å²) in [4.78, 5) is 16.4. The van der Waals surface area contributed by atoms with Crippen LogP contribution in [0.4, 0.5) is 0 Å². The van der Waals surface area contributed by atoms with E-state index in [0.717, 1.165) is 37.4 Å². The zero-order chi connectivity index (χ0) is 13.9. The van der Waals surface area contributed by atoms with Crippen molar-refractivity contribution in [3.63, 3.8) is 0 Å². The molecule has 0 radical (unpaired) electrons. The summed E-state index contributed by atoms with van der Waals surface area (Å²) in [5, 5.41) is 7.11. The van der Waals surface area contributed by atoms with E-state index in [9.17, 15) is 4.79 Å². The van der Waals surface area contributed by atoms with Crippen LogP contribution in [0.3, 0.4) is 0 Å². The number of fused-ring (bicyclic) bond motifs is 1. The molecule has 3 rings (SSSR count). The Morgan fingerprint density at radius 1 is 1.60 bits per heavy atom. The maximum Gasteiger partial charge on any atom is 0.254 e. The van der Waals surface area contributed by atoms with Gasteiger partial charge in [-0.1, -0.05) is 0 Å². The minimum Gasteiger partial charge on any atom is -0.381 e. The van der Waals surface area contributed by atoms with E-state index in [0.29, 0.717) is 18.0 Å². The van der Waals surface area contributed by atoms with Gasteiger partial charge in [-0.3, -0.25) is 4.79 Å². The zero-order valence-electron chi connectivity index (χ0n) is 11.5. The van der Waals surface area contributed by atoms with Gasteiger partial charge in [-0.25, -0.2) is 9.50 Å². The Morgan fingerprint density at radius 2 is 2.50 bits per heavy atom. The number of aromatic nitrogens is 3. The summed E-state index contributed by atoms with van der Waals surface area (Å²) < 4.78 is 7.00. The lowest BCUT2D eigenvalue weighted by Crippen LogP contribution is -2.27. The first-order chi connectivity index (χ1) is 9.75. The Kier molecular flexibility index (Phi) is 3.64. The van der Waals surface area contributed by atoms with Crippen molar-refractivity contribution in [2.24, 2.45) is 5.92 Å². The van der Waals surface area contributed by atoms with E-state index in [1.807, 2.05) is 13.0 Å². The summed E-state index contributed by atoms with van der Waals surface area (Å²) in [7, 11) is 0. The summed E-state index contributed by atoms with van der Waals surface area (Å²) in [6.45, 7) is 4.21. The number of carbonyl (C=O) groups excluding carboxylic acids is 1. The third kappa shape index (κ3) is 2.51. The van der Waals surface area contributed by atoms with Crippen LogP contribution in [-0.4, -0.2) is 40.3 Å². The molecule has 1 aliphatic heterocycles. The van der Waals surface area contributed by atoms with E-state index in [1.165, 1.54) is 0 Å². The van der Waals surface area contributed by atoms with Crippen LogP contribution >= 0.6 is 0 Å². The first kappa shape index (κ1) is 13.1. The Balaban J connectivity index is 1.64. The number of ether oxygens (including phenoxy) is 1. The van der Waals surface area contributed by atoms with Gasteiger partial charge in [-0.05, 0) is 25.7 Å². The van der Waals surface area contributed by atoms with Crippen LogP contribution < -0.4 is 5.32 Å². The van der Waals surface area contributed by atoms with Gasteiger partial charge >= 0.3 is 0 Å². The van der Waals surface area contributed by atoms with E-state index in [4.69, 9.17) is 4.74 Å².